The average molecular weight is 375 g/mol. The average Bonchev–Trinajstić information content (AvgIpc) is 3.19. The number of nitrogens with one attached hydrogen (secondary N) is 4. The molecule has 142 valence electrons. The van der Waals surface area contributed by atoms with Crippen molar-refractivity contribution in [3.05, 3.63) is 35.9 Å². The molecule has 6 heteroatoms. The molecule has 1 aromatic carbocycles. The number of carbonyl (C=O) groups excluding carboxylic acids is 1. The summed E-state index contributed by atoms with van der Waals surface area (Å²) in [5.41, 5.74) is 1.21. The van der Waals surface area contributed by atoms with Crippen LogP contribution in [0.5, 0.6) is 0 Å². The van der Waals surface area contributed by atoms with Crippen LogP contribution in [-0.2, 0) is 4.79 Å². The van der Waals surface area contributed by atoms with Gasteiger partial charge in [-0.1, -0.05) is 43.2 Å². The van der Waals surface area contributed by atoms with E-state index in [4.69, 9.17) is 12.2 Å². The quantitative estimate of drug-likeness (QED) is 0.596. The summed E-state index contributed by atoms with van der Waals surface area (Å²) in [6.45, 7) is 3.05. The lowest BCUT2D eigenvalue weighted by atomic mass is 9.90. The number of amides is 1. The van der Waals surface area contributed by atoms with E-state index in [1.807, 2.05) is 18.2 Å². The summed E-state index contributed by atoms with van der Waals surface area (Å²) >= 11 is 5.54. The van der Waals surface area contributed by atoms with Crippen molar-refractivity contribution >= 4 is 23.2 Å². The summed E-state index contributed by atoms with van der Waals surface area (Å²) in [6, 6.07) is 10.7. The van der Waals surface area contributed by atoms with Crippen LogP contribution in [0.4, 0.5) is 0 Å². The number of hydrogen-bond acceptors (Lipinski definition) is 3. The van der Waals surface area contributed by atoms with E-state index in [1.54, 1.807) is 0 Å². The van der Waals surface area contributed by atoms with Gasteiger partial charge in [-0.15, -0.1) is 0 Å². The van der Waals surface area contributed by atoms with Crippen molar-refractivity contribution in [2.75, 3.05) is 6.54 Å². The number of hydrogen-bond donors (Lipinski definition) is 4. The van der Waals surface area contributed by atoms with Crippen molar-refractivity contribution in [3.63, 3.8) is 0 Å². The van der Waals surface area contributed by atoms with Gasteiger partial charge in [0, 0.05) is 12.1 Å². The SMILES string of the molecule is C[C@H](NC(=S)N[C@@H]1CCCC[C@H]1NC(=O)C1CCCN1)c1ccccc1. The van der Waals surface area contributed by atoms with Gasteiger partial charge in [0.1, 0.15) is 0 Å². The standard InChI is InChI=1S/C20H30N4OS/c1-14(15-8-3-2-4-9-15)22-20(26)24-17-11-6-5-10-16(17)23-19(25)18-12-7-13-21-18/h2-4,8-9,14,16-18,21H,5-7,10-13H2,1H3,(H,23,25)(H2,22,24,26)/t14-,16+,17+,18?/m0/s1. The van der Waals surface area contributed by atoms with Gasteiger partial charge >= 0.3 is 0 Å². The summed E-state index contributed by atoms with van der Waals surface area (Å²) in [5, 5.41) is 14.0. The van der Waals surface area contributed by atoms with Gasteiger partial charge < -0.3 is 21.3 Å². The largest absolute Gasteiger partial charge is 0.358 e. The second kappa shape index (κ2) is 9.33. The Morgan fingerprint density at radius 3 is 2.42 bits per heavy atom. The highest BCUT2D eigenvalue weighted by Crippen LogP contribution is 2.20. The third-order valence-corrected chi connectivity index (χ3v) is 5.67. The van der Waals surface area contributed by atoms with Crippen LogP contribution in [0.25, 0.3) is 0 Å². The smallest absolute Gasteiger partial charge is 0.237 e. The van der Waals surface area contributed by atoms with Gasteiger partial charge in [0.2, 0.25) is 5.91 Å². The first-order chi connectivity index (χ1) is 12.6. The Hall–Kier alpha value is -1.66. The maximum absolute atomic E-state index is 12.5. The first-order valence-corrected chi connectivity index (χ1v) is 10.2. The van der Waals surface area contributed by atoms with E-state index in [0.29, 0.717) is 5.11 Å². The minimum absolute atomic E-state index is 0.0271. The lowest BCUT2D eigenvalue weighted by Gasteiger charge is -2.34. The van der Waals surface area contributed by atoms with Crippen molar-refractivity contribution in [1.82, 2.24) is 21.3 Å². The minimum Gasteiger partial charge on any atom is -0.358 e. The summed E-state index contributed by atoms with van der Waals surface area (Å²) < 4.78 is 0. The highest BCUT2D eigenvalue weighted by molar-refractivity contribution is 7.80. The second-order valence-electron chi connectivity index (χ2n) is 7.41. The van der Waals surface area contributed by atoms with Gasteiger partial charge in [-0.25, -0.2) is 0 Å². The zero-order valence-electron chi connectivity index (χ0n) is 15.5. The van der Waals surface area contributed by atoms with E-state index in [-0.39, 0.29) is 30.1 Å². The lowest BCUT2D eigenvalue weighted by Crippen LogP contribution is -2.57. The predicted molar refractivity (Wildman–Crippen MR) is 109 cm³/mol. The lowest BCUT2D eigenvalue weighted by molar-refractivity contribution is -0.123. The van der Waals surface area contributed by atoms with Gasteiger partial charge in [-0.3, -0.25) is 4.79 Å². The Morgan fingerprint density at radius 1 is 1.08 bits per heavy atom. The van der Waals surface area contributed by atoms with Crippen LogP contribution in [0, 0.1) is 0 Å². The molecule has 1 saturated carbocycles. The monoisotopic (exact) mass is 374 g/mol. The van der Waals surface area contributed by atoms with Crippen LogP contribution < -0.4 is 21.3 Å². The van der Waals surface area contributed by atoms with E-state index in [9.17, 15) is 4.79 Å². The zero-order valence-corrected chi connectivity index (χ0v) is 16.3. The molecule has 2 aliphatic rings. The molecule has 2 fully saturated rings. The topological polar surface area (TPSA) is 65.2 Å². The molecule has 1 unspecified atom stereocenters. The fraction of sp³-hybridized carbons (Fsp3) is 0.600. The molecular formula is C20H30N4OS. The maximum atomic E-state index is 12.5. The van der Waals surface area contributed by atoms with Crippen LogP contribution in [0.3, 0.4) is 0 Å². The van der Waals surface area contributed by atoms with Crippen molar-refractivity contribution < 1.29 is 4.79 Å². The van der Waals surface area contributed by atoms with E-state index in [2.05, 4.69) is 40.3 Å². The Balaban J connectivity index is 1.52. The Morgan fingerprint density at radius 2 is 1.77 bits per heavy atom. The summed E-state index contributed by atoms with van der Waals surface area (Å²) in [5.74, 6) is 0.137. The fourth-order valence-electron chi connectivity index (χ4n) is 3.90. The molecule has 0 spiro atoms. The van der Waals surface area contributed by atoms with Gasteiger partial charge in [0.25, 0.3) is 0 Å². The molecule has 0 radical (unpaired) electrons. The summed E-state index contributed by atoms with van der Waals surface area (Å²) in [7, 11) is 0. The second-order valence-corrected chi connectivity index (χ2v) is 7.81. The number of benzene rings is 1. The molecule has 26 heavy (non-hydrogen) atoms. The first kappa shape index (κ1) is 19.1. The van der Waals surface area contributed by atoms with Gasteiger partial charge in [-0.05, 0) is 56.9 Å². The molecule has 3 rings (SSSR count). The fourth-order valence-corrected chi connectivity index (χ4v) is 4.23. The van der Waals surface area contributed by atoms with E-state index in [0.717, 1.165) is 38.6 Å². The number of thiocarbonyl (C=S) groups is 1. The van der Waals surface area contributed by atoms with Crippen molar-refractivity contribution in [3.8, 4) is 0 Å². The zero-order chi connectivity index (χ0) is 18.4. The van der Waals surface area contributed by atoms with E-state index in [1.165, 1.54) is 12.0 Å². The van der Waals surface area contributed by atoms with E-state index >= 15 is 0 Å². The number of rotatable bonds is 5. The third-order valence-electron chi connectivity index (χ3n) is 5.43. The van der Waals surface area contributed by atoms with Crippen LogP contribution in [0.1, 0.15) is 57.1 Å². The molecule has 4 N–H and O–H groups in total. The summed E-state index contributed by atoms with van der Waals surface area (Å²) in [4.78, 5) is 12.5. The van der Waals surface area contributed by atoms with Crippen LogP contribution in [0.15, 0.2) is 30.3 Å². The highest BCUT2D eigenvalue weighted by atomic mass is 32.1. The van der Waals surface area contributed by atoms with Gasteiger partial charge in [-0.2, -0.15) is 0 Å². The molecule has 1 amide bonds. The molecule has 1 heterocycles. The molecule has 1 saturated heterocycles. The van der Waals surface area contributed by atoms with Crippen molar-refractivity contribution in [2.24, 2.45) is 0 Å². The molecule has 5 nitrogen and oxygen atoms in total. The van der Waals surface area contributed by atoms with E-state index < -0.39 is 0 Å². The minimum atomic E-state index is -0.0271. The van der Waals surface area contributed by atoms with Gasteiger partial charge in [0.15, 0.2) is 5.11 Å². The number of carbonyl (C=O) groups is 1. The highest BCUT2D eigenvalue weighted by Gasteiger charge is 2.30. The third kappa shape index (κ3) is 5.17. The molecule has 1 aliphatic carbocycles. The van der Waals surface area contributed by atoms with Crippen LogP contribution >= 0.6 is 12.2 Å². The van der Waals surface area contributed by atoms with Crippen molar-refractivity contribution in [2.45, 2.75) is 69.6 Å². The van der Waals surface area contributed by atoms with Crippen LogP contribution in [0.2, 0.25) is 0 Å². The predicted octanol–water partition coefficient (Wildman–Crippen LogP) is 2.39. The van der Waals surface area contributed by atoms with Crippen LogP contribution in [-0.4, -0.2) is 35.7 Å². The molecule has 0 aromatic heterocycles. The normalized spacial score (nSPS) is 26.7. The summed E-state index contributed by atoms with van der Waals surface area (Å²) in [6.07, 6.45) is 6.38. The Bertz CT molecular complexity index is 603. The molecule has 1 aromatic rings. The Labute approximate surface area is 161 Å². The molecule has 0 bridgehead atoms. The first-order valence-electron chi connectivity index (χ1n) is 9.79. The molecule has 4 atom stereocenters. The maximum Gasteiger partial charge on any atom is 0.237 e. The van der Waals surface area contributed by atoms with Crippen molar-refractivity contribution in [1.29, 1.82) is 0 Å². The Kier molecular flexibility index (Phi) is 6.86. The molecular weight excluding hydrogens is 344 g/mol. The van der Waals surface area contributed by atoms with Gasteiger partial charge in [0.05, 0.1) is 12.1 Å². The molecule has 1 aliphatic heterocycles.